The van der Waals surface area contributed by atoms with Crippen LogP contribution in [-0.4, -0.2) is 13.3 Å². The normalized spacial score (nSPS) is 11.3. The Balaban J connectivity index is 2.72. The van der Waals surface area contributed by atoms with Gasteiger partial charge in [0.25, 0.3) is 5.69 Å². The van der Waals surface area contributed by atoms with Gasteiger partial charge in [-0.15, -0.1) is 0 Å². The third-order valence-electron chi connectivity index (χ3n) is 2.81. The molecule has 0 atom stereocenters. The Morgan fingerprint density at radius 1 is 1.10 bits per heavy atom. The van der Waals surface area contributed by atoms with Crippen LogP contribution in [0.4, 0.5) is 5.69 Å². The van der Waals surface area contributed by atoms with Gasteiger partial charge in [-0.3, -0.25) is 10.1 Å². The van der Waals surface area contributed by atoms with Crippen LogP contribution in [-0.2, 0) is 9.84 Å². The lowest BCUT2D eigenvalue weighted by atomic mass is 10.2. The Labute approximate surface area is 120 Å². The molecule has 0 unspecified atom stereocenters. The summed E-state index contributed by atoms with van der Waals surface area (Å²) in [7, 11) is -3.88. The average molecular weight is 312 g/mol. The van der Waals surface area contributed by atoms with Crippen molar-refractivity contribution in [1.29, 1.82) is 0 Å². The van der Waals surface area contributed by atoms with Gasteiger partial charge >= 0.3 is 0 Å². The van der Waals surface area contributed by atoms with Gasteiger partial charge in [0.2, 0.25) is 9.84 Å². The van der Waals surface area contributed by atoms with Gasteiger partial charge in [-0.05, 0) is 25.1 Å². The highest BCUT2D eigenvalue weighted by Gasteiger charge is 2.27. The van der Waals surface area contributed by atoms with Crippen LogP contribution >= 0.6 is 11.6 Å². The highest BCUT2D eigenvalue weighted by Crippen LogP contribution is 2.36. The van der Waals surface area contributed by atoms with Gasteiger partial charge in [-0.2, -0.15) is 0 Å². The number of benzene rings is 2. The average Bonchev–Trinajstić information content (AvgIpc) is 2.39. The number of rotatable bonds is 3. The maximum absolute atomic E-state index is 12.4. The lowest BCUT2D eigenvalue weighted by Gasteiger charge is -2.08. The number of sulfone groups is 1. The molecule has 5 nitrogen and oxygen atoms in total. The van der Waals surface area contributed by atoms with Gasteiger partial charge in [0, 0.05) is 5.56 Å². The summed E-state index contributed by atoms with van der Waals surface area (Å²) in [6.45, 7) is 1.50. The van der Waals surface area contributed by atoms with Crippen molar-refractivity contribution in [3.63, 3.8) is 0 Å². The maximum Gasteiger partial charge on any atom is 0.292 e. The molecule has 0 bridgehead atoms. The summed E-state index contributed by atoms with van der Waals surface area (Å²) in [5.41, 5.74) is -0.0734. The summed E-state index contributed by atoms with van der Waals surface area (Å²) >= 11 is 5.92. The largest absolute Gasteiger partial charge is 0.292 e. The van der Waals surface area contributed by atoms with E-state index in [-0.39, 0.29) is 20.5 Å². The van der Waals surface area contributed by atoms with Crippen molar-refractivity contribution in [3.05, 3.63) is 63.2 Å². The SMILES string of the molecule is Cc1ccc(S(=O)(=O)c2ccccc2)c(Cl)c1[N+](=O)[O-]. The molecule has 0 amide bonds. The van der Waals surface area contributed by atoms with Crippen LogP contribution in [0.5, 0.6) is 0 Å². The van der Waals surface area contributed by atoms with E-state index in [1.165, 1.54) is 31.2 Å². The first-order valence-electron chi connectivity index (χ1n) is 5.59. The number of hydrogen-bond donors (Lipinski definition) is 0. The fraction of sp³-hybridized carbons (Fsp3) is 0.0769. The highest BCUT2D eigenvalue weighted by molar-refractivity contribution is 7.91. The van der Waals surface area contributed by atoms with E-state index in [0.29, 0.717) is 5.56 Å². The van der Waals surface area contributed by atoms with Crippen LogP contribution in [0.1, 0.15) is 5.56 Å². The maximum atomic E-state index is 12.4. The second-order valence-electron chi connectivity index (χ2n) is 4.12. The van der Waals surface area contributed by atoms with Gasteiger partial charge in [0.1, 0.15) is 5.02 Å². The Bertz CT molecular complexity index is 772. The molecule has 20 heavy (non-hydrogen) atoms. The zero-order chi connectivity index (χ0) is 14.9. The zero-order valence-electron chi connectivity index (χ0n) is 10.4. The second kappa shape index (κ2) is 5.22. The zero-order valence-corrected chi connectivity index (χ0v) is 12.0. The molecule has 0 aliphatic rings. The number of nitro groups is 1. The first-order valence-corrected chi connectivity index (χ1v) is 7.45. The molecule has 2 aromatic rings. The molecule has 0 fully saturated rings. The molecule has 0 aliphatic heterocycles. The number of nitrogens with zero attached hydrogens (tertiary/aromatic N) is 1. The second-order valence-corrected chi connectivity index (χ2v) is 6.41. The smallest absolute Gasteiger partial charge is 0.258 e. The molecular formula is C13H10ClNO4S. The van der Waals surface area contributed by atoms with E-state index < -0.39 is 14.8 Å². The Morgan fingerprint density at radius 3 is 2.25 bits per heavy atom. The molecule has 2 aromatic carbocycles. The standard InChI is InChI=1S/C13H10ClNO4S/c1-9-7-8-11(12(14)13(9)15(16)17)20(18,19)10-5-3-2-4-6-10/h2-8H,1H3. The van der Waals surface area contributed by atoms with Crippen LogP contribution in [0.15, 0.2) is 52.3 Å². The van der Waals surface area contributed by atoms with Gasteiger partial charge < -0.3 is 0 Å². The quantitative estimate of drug-likeness (QED) is 0.643. The molecule has 0 saturated heterocycles. The lowest BCUT2D eigenvalue weighted by molar-refractivity contribution is -0.385. The van der Waals surface area contributed by atoms with Crippen LogP contribution in [0.25, 0.3) is 0 Å². The van der Waals surface area contributed by atoms with Crippen LogP contribution < -0.4 is 0 Å². The van der Waals surface area contributed by atoms with Gasteiger partial charge in [0.15, 0.2) is 0 Å². The summed E-state index contributed by atoms with van der Waals surface area (Å²) in [6.07, 6.45) is 0. The Morgan fingerprint density at radius 2 is 1.70 bits per heavy atom. The lowest BCUT2D eigenvalue weighted by Crippen LogP contribution is -2.05. The minimum atomic E-state index is -3.88. The summed E-state index contributed by atoms with van der Waals surface area (Å²) in [6, 6.07) is 10.3. The highest BCUT2D eigenvalue weighted by atomic mass is 35.5. The van der Waals surface area contributed by atoms with E-state index in [1.807, 2.05) is 0 Å². The minimum absolute atomic E-state index is 0.0417. The molecule has 104 valence electrons. The van der Waals surface area contributed by atoms with Crippen molar-refractivity contribution < 1.29 is 13.3 Å². The monoisotopic (exact) mass is 311 g/mol. The van der Waals surface area contributed by atoms with Crippen molar-refractivity contribution in [2.45, 2.75) is 16.7 Å². The Kier molecular flexibility index (Phi) is 3.78. The predicted molar refractivity (Wildman–Crippen MR) is 74.7 cm³/mol. The van der Waals surface area contributed by atoms with E-state index in [1.54, 1.807) is 18.2 Å². The number of halogens is 1. The number of aryl methyl sites for hydroxylation is 1. The van der Waals surface area contributed by atoms with Crippen molar-refractivity contribution in [1.82, 2.24) is 0 Å². The molecule has 7 heteroatoms. The summed E-state index contributed by atoms with van der Waals surface area (Å²) in [4.78, 5) is 10.1. The fourth-order valence-corrected chi connectivity index (χ4v) is 3.74. The topological polar surface area (TPSA) is 77.3 Å². The summed E-state index contributed by atoms with van der Waals surface area (Å²) in [5.74, 6) is 0. The predicted octanol–water partition coefficient (Wildman–Crippen LogP) is 3.39. The summed E-state index contributed by atoms with van der Waals surface area (Å²) < 4.78 is 24.9. The summed E-state index contributed by atoms with van der Waals surface area (Å²) in [5, 5.41) is 10.6. The van der Waals surface area contributed by atoms with E-state index in [9.17, 15) is 18.5 Å². The third-order valence-corrected chi connectivity index (χ3v) is 5.11. The van der Waals surface area contributed by atoms with E-state index in [0.717, 1.165) is 0 Å². The Hall–Kier alpha value is -1.92. The first kappa shape index (κ1) is 14.5. The van der Waals surface area contributed by atoms with Crippen LogP contribution in [0, 0.1) is 17.0 Å². The van der Waals surface area contributed by atoms with Crippen molar-refractivity contribution in [2.75, 3.05) is 0 Å². The van der Waals surface area contributed by atoms with Gasteiger partial charge in [-0.25, -0.2) is 8.42 Å². The van der Waals surface area contributed by atoms with E-state index >= 15 is 0 Å². The molecule has 0 spiro atoms. The van der Waals surface area contributed by atoms with Crippen molar-refractivity contribution >= 4 is 27.1 Å². The van der Waals surface area contributed by atoms with Crippen LogP contribution in [0.2, 0.25) is 5.02 Å². The third kappa shape index (κ3) is 2.39. The van der Waals surface area contributed by atoms with Crippen molar-refractivity contribution in [2.24, 2.45) is 0 Å². The van der Waals surface area contributed by atoms with E-state index in [4.69, 9.17) is 11.6 Å². The molecule has 2 rings (SSSR count). The minimum Gasteiger partial charge on any atom is -0.258 e. The molecular weight excluding hydrogens is 302 g/mol. The molecule has 0 saturated carbocycles. The van der Waals surface area contributed by atoms with Gasteiger partial charge in [0.05, 0.1) is 14.7 Å². The molecule has 0 radical (unpaired) electrons. The first-order chi connectivity index (χ1) is 9.35. The molecule has 0 heterocycles. The number of hydrogen-bond acceptors (Lipinski definition) is 4. The van der Waals surface area contributed by atoms with E-state index in [2.05, 4.69) is 0 Å². The van der Waals surface area contributed by atoms with Gasteiger partial charge in [-0.1, -0.05) is 35.9 Å². The van der Waals surface area contributed by atoms with Crippen LogP contribution in [0.3, 0.4) is 0 Å². The van der Waals surface area contributed by atoms with Crippen molar-refractivity contribution in [3.8, 4) is 0 Å². The molecule has 0 aromatic heterocycles. The fourth-order valence-electron chi connectivity index (χ4n) is 1.80. The molecule has 0 N–H and O–H groups in total. The molecule has 0 aliphatic carbocycles. The number of nitro benzene ring substituents is 1.